The average molecular weight is 462 g/mol. The lowest BCUT2D eigenvalue weighted by Crippen LogP contribution is -2.56. The molecule has 0 radical (unpaired) electrons. The summed E-state index contributed by atoms with van der Waals surface area (Å²) < 4.78 is 17.8. The van der Waals surface area contributed by atoms with E-state index in [4.69, 9.17) is 14.2 Å². The van der Waals surface area contributed by atoms with Crippen molar-refractivity contribution in [3.05, 3.63) is 83.4 Å². The van der Waals surface area contributed by atoms with E-state index in [9.17, 15) is 0 Å². The first-order valence-corrected chi connectivity index (χ1v) is 14.6. The molecular formula is C28H35NO3Si. The molecule has 174 valence electrons. The van der Waals surface area contributed by atoms with Crippen LogP contribution in [0.2, 0.25) is 13.1 Å². The first-order chi connectivity index (χ1) is 15.9. The summed E-state index contributed by atoms with van der Waals surface area (Å²) in [7, 11) is 3.59. The van der Waals surface area contributed by atoms with E-state index in [0.717, 1.165) is 24.5 Å². The molecule has 4 rings (SSSR count). The number of benzene rings is 3. The molecule has 33 heavy (non-hydrogen) atoms. The van der Waals surface area contributed by atoms with Crippen LogP contribution in [-0.4, -0.2) is 46.9 Å². The summed E-state index contributed by atoms with van der Waals surface area (Å²) in [6.07, 6.45) is 0.947. The van der Waals surface area contributed by atoms with Crippen LogP contribution in [0, 0.1) is 0 Å². The average Bonchev–Trinajstić information content (AvgIpc) is 2.84. The van der Waals surface area contributed by atoms with Gasteiger partial charge in [-0.1, -0.05) is 67.7 Å². The van der Waals surface area contributed by atoms with Crippen molar-refractivity contribution >= 4 is 18.4 Å². The molecule has 3 aromatic carbocycles. The Kier molecular flexibility index (Phi) is 7.22. The summed E-state index contributed by atoms with van der Waals surface area (Å²) in [6, 6.07) is 24.1. The molecule has 1 aliphatic heterocycles. The fourth-order valence-electron chi connectivity index (χ4n) is 4.97. The van der Waals surface area contributed by atoms with Crippen LogP contribution in [0.5, 0.6) is 11.5 Å². The van der Waals surface area contributed by atoms with E-state index in [2.05, 4.69) is 91.8 Å². The summed E-state index contributed by atoms with van der Waals surface area (Å²) in [4.78, 5) is 2.43. The Morgan fingerprint density at radius 2 is 1.55 bits per heavy atom. The predicted octanol–water partition coefficient (Wildman–Crippen LogP) is 4.10. The molecule has 0 saturated heterocycles. The van der Waals surface area contributed by atoms with Gasteiger partial charge in [-0.15, -0.1) is 0 Å². The van der Waals surface area contributed by atoms with Gasteiger partial charge in [0.1, 0.15) is 8.07 Å². The highest BCUT2D eigenvalue weighted by atomic mass is 28.3. The second kappa shape index (κ2) is 10.1. The lowest BCUT2D eigenvalue weighted by atomic mass is 10.0. The van der Waals surface area contributed by atoms with E-state index >= 15 is 0 Å². The van der Waals surface area contributed by atoms with Gasteiger partial charge in [0.25, 0.3) is 0 Å². The van der Waals surface area contributed by atoms with Crippen LogP contribution in [0.15, 0.2) is 66.7 Å². The number of rotatable bonds is 4. The highest BCUT2D eigenvalue weighted by Crippen LogP contribution is 2.29. The highest BCUT2D eigenvalue weighted by Gasteiger charge is 2.33. The zero-order valence-electron chi connectivity index (χ0n) is 20.4. The molecule has 0 amide bonds. The Labute approximate surface area is 199 Å². The van der Waals surface area contributed by atoms with E-state index in [0.29, 0.717) is 13.2 Å². The number of ether oxygens (including phenoxy) is 3. The smallest absolute Gasteiger partial charge is 0.161 e. The number of likely N-dealkylation sites (N-methyl/N-ethyl adjacent to an activating group) is 1. The minimum Gasteiger partial charge on any atom is -0.493 e. The van der Waals surface area contributed by atoms with Gasteiger partial charge in [0, 0.05) is 12.6 Å². The molecule has 0 fully saturated rings. The fourth-order valence-corrected chi connectivity index (χ4v) is 8.17. The van der Waals surface area contributed by atoms with Gasteiger partial charge < -0.3 is 14.2 Å². The third kappa shape index (κ3) is 5.01. The molecule has 3 aromatic rings. The Hall–Kier alpha value is -2.60. The fraction of sp³-hybridized carbons (Fsp3) is 0.357. The summed E-state index contributed by atoms with van der Waals surface area (Å²) in [6.45, 7) is 7.00. The van der Waals surface area contributed by atoms with E-state index in [1.807, 2.05) is 0 Å². The number of hydrogen-bond acceptors (Lipinski definition) is 4. The van der Waals surface area contributed by atoms with Crippen molar-refractivity contribution in [2.75, 3.05) is 27.9 Å². The van der Waals surface area contributed by atoms with E-state index in [1.54, 1.807) is 14.2 Å². The first kappa shape index (κ1) is 23.6. The molecule has 1 atom stereocenters. The maximum atomic E-state index is 6.36. The lowest BCUT2D eigenvalue weighted by Gasteiger charge is -2.32. The number of hydrogen-bond donors (Lipinski definition) is 0. The summed E-state index contributed by atoms with van der Waals surface area (Å²) in [5.41, 5.74) is 3.93. The molecule has 0 spiro atoms. The molecule has 0 aliphatic carbocycles. The Bertz CT molecular complexity index is 1080. The molecular weight excluding hydrogens is 426 g/mol. The number of nitrogens with zero attached hydrogens (tertiary/aromatic N) is 1. The van der Waals surface area contributed by atoms with Crippen molar-refractivity contribution in [3.8, 4) is 11.5 Å². The first-order valence-electron chi connectivity index (χ1n) is 11.6. The molecule has 1 heterocycles. The van der Waals surface area contributed by atoms with Gasteiger partial charge in [-0.25, -0.2) is 0 Å². The summed E-state index contributed by atoms with van der Waals surface area (Å²) in [5, 5.41) is 2.81. The van der Waals surface area contributed by atoms with Crippen molar-refractivity contribution in [1.29, 1.82) is 0 Å². The van der Waals surface area contributed by atoms with E-state index < -0.39 is 8.07 Å². The van der Waals surface area contributed by atoms with Crippen LogP contribution in [0.4, 0.5) is 0 Å². The third-order valence-electron chi connectivity index (χ3n) is 6.90. The Morgan fingerprint density at radius 1 is 0.879 bits per heavy atom. The second-order valence-electron chi connectivity index (χ2n) is 9.42. The van der Waals surface area contributed by atoms with E-state index in [-0.39, 0.29) is 6.04 Å². The molecule has 0 unspecified atom stereocenters. The molecule has 0 bridgehead atoms. The highest BCUT2D eigenvalue weighted by molar-refractivity contribution is 7.01. The van der Waals surface area contributed by atoms with Crippen LogP contribution < -0.4 is 19.8 Å². The van der Waals surface area contributed by atoms with Gasteiger partial charge in [0.05, 0.1) is 27.4 Å². The van der Waals surface area contributed by atoms with Crippen molar-refractivity contribution in [1.82, 2.24) is 4.90 Å². The molecule has 4 nitrogen and oxygen atoms in total. The molecule has 5 heteroatoms. The molecule has 1 aliphatic rings. The predicted molar refractivity (Wildman–Crippen MR) is 138 cm³/mol. The van der Waals surface area contributed by atoms with Gasteiger partial charge in [-0.3, -0.25) is 4.90 Å². The molecule has 0 aromatic heterocycles. The topological polar surface area (TPSA) is 30.9 Å². The van der Waals surface area contributed by atoms with Crippen molar-refractivity contribution in [2.24, 2.45) is 0 Å². The van der Waals surface area contributed by atoms with E-state index in [1.165, 1.54) is 27.1 Å². The quantitative estimate of drug-likeness (QED) is 0.548. The Balaban J connectivity index is 1.83. The normalized spacial score (nSPS) is 18.5. The monoisotopic (exact) mass is 461 g/mol. The van der Waals surface area contributed by atoms with Crippen LogP contribution in [0.25, 0.3) is 0 Å². The van der Waals surface area contributed by atoms with Gasteiger partial charge in [-0.05, 0) is 52.7 Å². The molecule has 0 N–H and O–H groups in total. The number of methoxy groups -OCH3 is 2. The zero-order chi connectivity index (χ0) is 23.4. The third-order valence-corrected chi connectivity index (χ3v) is 10.5. The zero-order valence-corrected chi connectivity index (χ0v) is 21.4. The van der Waals surface area contributed by atoms with Gasteiger partial charge in [0.15, 0.2) is 11.5 Å². The minimum atomic E-state index is -2.04. The molecule has 0 saturated carbocycles. The lowest BCUT2D eigenvalue weighted by molar-refractivity contribution is 0.0579. The Morgan fingerprint density at radius 3 is 2.27 bits per heavy atom. The van der Waals surface area contributed by atoms with Crippen LogP contribution >= 0.6 is 0 Å². The standard InChI is InChI=1S/C28H35NO3Si/c1-29-18-23-16-25(30-2)26(31-3)17-28(23)33(4,5)27-14-10-9-13-22(27)19-32-20-24(29)15-21-11-7-6-8-12-21/h6-14,16-17,24H,15,18-20H2,1-5H3/t24-/m0/s1. The summed E-state index contributed by atoms with van der Waals surface area (Å²) in [5.74, 6) is 1.58. The number of fused-ring (bicyclic) bond motifs is 2. The van der Waals surface area contributed by atoms with Crippen molar-refractivity contribution in [2.45, 2.75) is 38.7 Å². The van der Waals surface area contributed by atoms with Crippen LogP contribution in [0.1, 0.15) is 16.7 Å². The van der Waals surface area contributed by atoms with Gasteiger partial charge in [0.2, 0.25) is 0 Å². The van der Waals surface area contributed by atoms with Crippen molar-refractivity contribution < 1.29 is 14.2 Å². The van der Waals surface area contributed by atoms with Crippen LogP contribution in [0.3, 0.4) is 0 Å². The maximum absolute atomic E-state index is 6.36. The van der Waals surface area contributed by atoms with Crippen LogP contribution in [-0.2, 0) is 24.3 Å². The van der Waals surface area contributed by atoms with Gasteiger partial charge in [-0.2, -0.15) is 0 Å². The van der Waals surface area contributed by atoms with Gasteiger partial charge >= 0.3 is 0 Å². The summed E-state index contributed by atoms with van der Waals surface area (Å²) >= 11 is 0. The second-order valence-corrected chi connectivity index (χ2v) is 13.7. The SMILES string of the molecule is COc1cc2c(cc1OC)[Si](C)(C)c1ccccc1COC[C@H](Cc1ccccc1)N(C)C2. The largest absolute Gasteiger partial charge is 0.493 e. The van der Waals surface area contributed by atoms with Crippen molar-refractivity contribution in [3.63, 3.8) is 0 Å². The maximum Gasteiger partial charge on any atom is 0.161 e. The minimum absolute atomic E-state index is 0.267.